The van der Waals surface area contributed by atoms with Crippen LogP contribution in [0.15, 0.2) is 18.2 Å². The summed E-state index contributed by atoms with van der Waals surface area (Å²) in [6, 6.07) is 5.71. The Morgan fingerprint density at radius 3 is 2.67 bits per heavy atom. The second-order valence-electron chi connectivity index (χ2n) is 4.60. The van der Waals surface area contributed by atoms with Gasteiger partial charge in [-0.3, -0.25) is 4.79 Å². The Balaban J connectivity index is 2.87. The van der Waals surface area contributed by atoms with Crippen molar-refractivity contribution in [3.63, 3.8) is 0 Å². The fraction of sp³-hybridized carbons (Fsp3) is 0.500. The van der Waals surface area contributed by atoms with E-state index in [0.717, 1.165) is 10.9 Å². The summed E-state index contributed by atoms with van der Waals surface area (Å²) in [5.74, 6) is 0.900. The molecule has 0 fully saturated rings. The molecular formula is C14H20BrNO2. The van der Waals surface area contributed by atoms with E-state index in [1.54, 1.807) is 7.11 Å². The second-order valence-corrected chi connectivity index (χ2v) is 5.24. The lowest BCUT2D eigenvalue weighted by Gasteiger charge is -2.20. The van der Waals surface area contributed by atoms with Gasteiger partial charge in [0.15, 0.2) is 0 Å². The number of halogens is 1. The third kappa shape index (κ3) is 3.73. The van der Waals surface area contributed by atoms with Crippen LogP contribution >= 0.6 is 15.9 Å². The molecule has 0 aliphatic carbocycles. The van der Waals surface area contributed by atoms with Gasteiger partial charge >= 0.3 is 0 Å². The molecule has 3 nitrogen and oxygen atoms in total. The maximum atomic E-state index is 12.2. The van der Waals surface area contributed by atoms with Crippen LogP contribution in [0, 0.1) is 12.8 Å². The van der Waals surface area contributed by atoms with Gasteiger partial charge in [0.25, 0.3) is 5.91 Å². The Hall–Kier alpha value is -1.03. The highest BCUT2D eigenvalue weighted by molar-refractivity contribution is 9.09. The van der Waals surface area contributed by atoms with Crippen molar-refractivity contribution in [2.75, 3.05) is 12.4 Å². The van der Waals surface area contributed by atoms with E-state index in [-0.39, 0.29) is 11.9 Å². The Morgan fingerprint density at radius 2 is 2.11 bits per heavy atom. The van der Waals surface area contributed by atoms with Crippen molar-refractivity contribution in [2.45, 2.75) is 26.8 Å². The van der Waals surface area contributed by atoms with Crippen molar-refractivity contribution >= 4 is 21.8 Å². The summed E-state index contributed by atoms with van der Waals surface area (Å²) < 4.78 is 5.22. The first-order chi connectivity index (χ1) is 8.49. The van der Waals surface area contributed by atoms with Gasteiger partial charge in [-0.25, -0.2) is 0 Å². The third-order valence-electron chi connectivity index (χ3n) is 3.06. The van der Waals surface area contributed by atoms with Gasteiger partial charge in [0, 0.05) is 11.4 Å². The quantitative estimate of drug-likeness (QED) is 0.848. The summed E-state index contributed by atoms with van der Waals surface area (Å²) in [7, 11) is 1.58. The van der Waals surface area contributed by atoms with Crippen molar-refractivity contribution in [1.82, 2.24) is 5.32 Å². The molecule has 0 aromatic heterocycles. The number of alkyl halides is 1. The molecular weight excluding hydrogens is 294 g/mol. The van der Waals surface area contributed by atoms with Gasteiger partial charge in [-0.15, -0.1) is 0 Å². The number of carbonyl (C=O) groups is 1. The number of hydrogen-bond acceptors (Lipinski definition) is 2. The minimum atomic E-state index is -0.0872. The van der Waals surface area contributed by atoms with Gasteiger partial charge in [-0.2, -0.15) is 0 Å². The van der Waals surface area contributed by atoms with Crippen LogP contribution < -0.4 is 10.1 Å². The molecule has 1 aromatic rings. The Labute approximate surface area is 117 Å². The largest absolute Gasteiger partial charge is 0.496 e. The number of benzene rings is 1. The fourth-order valence-electron chi connectivity index (χ4n) is 1.56. The highest BCUT2D eigenvalue weighted by atomic mass is 79.9. The van der Waals surface area contributed by atoms with E-state index >= 15 is 0 Å². The van der Waals surface area contributed by atoms with Crippen LogP contribution in [0.25, 0.3) is 0 Å². The number of ether oxygens (including phenoxy) is 1. The van der Waals surface area contributed by atoms with Crippen LogP contribution in [0.1, 0.15) is 29.8 Å². The molecule has 0 saturated heterocycles. The van der Waals surface area contributed by atoms with E-state index in [2.05, 4.69) is 28.2 Å². The number of hydrogen-bond donors (Lipinski definition) is 1. The predicted octanol–water partition coefficient (Wildman–Crippen LogP) is 3.15. The lowest BCUT2D eigenvalue weighted by Crippen LogP contribution is -2.37. The molecule has 0 spiro atoms. The van der Waals surface area contributed by atoms with E-state index in [0.29, 0.717) is 17.2 Å². The lowest BCUT2D eigenvalue weighted by atomic mass is 10.0. The standard InChI is InChI=1S/C14H20BrNO2/c1-9-5-6-13(18-4)12(7-9)14(17)16-11(3)10(2)8-15/h5-7,10-11H,8H2,1-4H3,(H,16,17). The first-order valence-corrected chi connectivity index (χ1v) is 7.13. The zero-order valence-corrected chi connectivity index (χ0v) is 12.9. The summed E-state index contributed by atoms with van der Waals surface area (Å²) in [5.41, 5.74) is 1.63. The molecule has 2 unspecified atom stereocenters. The monoisotopic (exact) mass is 313 g/mol. The van der Waals surface area contributed by atoms with Crippen molar-refractivity contribution in [3.8, 4) is 5.75 Å². The Kier molecular flexibility index (Phi) is 5.66. The minimum Gasteiger partial charge on any atom is -0.496 e. The topological polar surface area (TPSA) is 38.3 Å². The number of carbonyl (C=O) groups excluding carboxylic acids is 1. The van der Waals surface area contributed by atoms with Crippen LogP contribution in [0.2, 0.25) is 0 Å². The van der Waals surface area contributed by atoms with Crippen LogP contribution in [-0.4, -0.2) is 24.4 Å². The third-order valence-corrected chi connectivity index (χ3v) is 4.08. The van der Waals surface area contributed by atoms with Gasteiger partial charge in [-0.05, 0) is 31.9 Å². The summed E-state index contributed by atoms with van der Waals surface area (Å²) in [6.45, 7) is 6.06. The molecule has 4 heteroatoms. The lowest BCUT2D eigenvalue weighted by molar-refractivity contribution is 0.0928. The number of nitrogens with one attached hydrogen (secondary N) is 1. The number of rotatable bonds is 5. The smallest absolute Gasteiger partial charge is 0.255 e. The van der Waals surface area contributed by atoms with E-state index in [1.807, 2.05) is 32.0 Å². The first kappa shape index (κ1) is 15.0. The Morgan fingerprint density at radius 1 is 1.44 bits per heavy atom. The SMILES string of the molecule is COc1ccc(C)cc1C(=O)NC(C)C(C)CBr. The van der Waals surface area contributed by atoms with Crippen molar-refractivity contribution in [1.29, 1.82) is 0 Å². The molecule has 1 aromatic carbocycles. The second kappa shape index (κ2) is 6.78. The highest BCUT2D eigenvalue weighted by Crippen LogP contribution is 2.20. The van der Waals surface area contributed by atoms with Crippen molar-refractivity contribution < 1.29 is 9.53 Å². The van der Waals surface area contributed by atoms with Gasteiger partial charge in [0.05, 0.1) is 12.7 Å². The molecule has 0 aliphatic rings. The van der Waals surface area contributed by atoms with E-state index in [9.17, 15) is 4.79 Å². The zero-order chi connectivity index (χ0) is 13.7. The molecule has 1 amide bonds. The van der Waals surface area contributed by atoms with Gasteiger partial charge in [0.2, 0.25) is 0 Å². The molecule has 100 valence electrons. The predicted molar refractivity (Wildman–Crippen MR) is 77.6 cm³/mol. The van der Waals surface area contributed by atoms with Gasteiger partial charge in [0.1, 0.15) is 5.75 Å². The van der Waals surface area contributed by atoms with Gasteiger partial charge < -0.3 is 10.1 Å². The van der Waals surface area contributed by atoms with Crippen molar-refractivity contribution in [2.24, 2.45) is 5.92 Å². The van der Waals surface area contributed by atoms with E-state index in [1.165, 1.54) is 0 Å². The number of methoxy groups -OCH3 is 1. The zero-order valence-electron chi connectivity index (χ0n) is 11.3. The van der Waals surface area contributed by atoms with Gasteiger partial charge in [-0.1, -0.05) is 34.5 Å². The molecule has 0 radical (unpaired) electrons. The molecule has 0 saturated carbocycles. The molecule has 18 heavy (non-hydrogen) atoms. The summed E-state index contributed by atoms with van der Waals surface area (Å²) >= 11 is 3.43. The molecule has 0 heterocycles. The molecule has 0 bridgehead atoms. The van der Waals surface area contributed by atoms with Crippen LogP contribution in [0.3, 0.4) is 0 Å². The Bertz CT molecular complexity index is 420. The number of amides is 1. The molecule has 2 atom stereocenters. The summed E-state index contributed by atoms with van der Waals surface area (Å²) in [6.07, 6.45) is 0. The maximum Gasteiger partial charge on any atom is 0.255 e. The van der Waals surface area contributed by atoms with Crippen molar-refractivity contribution in [3.05, 3.63) is 29.3 Å². The summed E-state index contributed by atoms with van der Waals surface area (Å²) in [4.78, 5) is 12.2. The fourth-order valence-corrected chi connectivity index (χ4v) is 2.12. The summed E-state index contributed by atoms with van der Waals surface area (Å²) in [5, 5.41) is 3.86. The van der Waals surface area contributed by atoms with E-state index in [4.69, 9.17) is 4.74 Å². The average molecular weight is 314 g/mol. The van der Waals surface area contributed by atoms with E-state index < -0.39 is 0 Å². The maximum absolute atomic E-state index is 12.2. The molecule has 0 aliphatic heterocycles. The van der Waals surface area contributed by atoms with Crippen LogP contribution in [-0.2, 0) is 0 Å². The highest BCUT2D eigenvalue weighted by Gasteiger charge is 2.17. The normalized spacial score (nSPS) is 13.8. The molecule has 1 rings (SSSR count). The first-order valence-electron chi connectivity index (χ1n) is 6.01. The van der Waals surface area contributed by atoms with Crippen LogP contribution in [0.5, 0.6) is 5.75 Å². The number of aryl methyl sites for hydroxylation is 1. The molecule has 1 N–H and O–H groups in total. The van der Waals surface area contributed by atoms with Crippen LogP contribution in [0.4, 0.5) is 0 Å². The minimum absolute atomic E-state index is 0.0872. The average Bonchev–Trinajstić information content (AvgIpc) is 2.37.